The van der Waals surface area contributed by atoms with Crippen molar-refractivity contribution in [2.45, 2.75) is 99.0 Å². The van der Waals surface area contributed by atoms with E-state index in [0.717, 1.165) is 4.90 Å². The Hall–Kier alpha value is -0.413. The Labute approximate surface area is 180 Å². The Morgan fingerprint density at radius 2 is 1.72 bits per heavy atom. The fourth-order valence-corrected chi connectivity index (χ4v) is 6.53. The molecule has 5 atom stereocenters. The standard InChI is InChI=1S/C22H36O5SSi/c1-20(2,3)29(6,7)27-16-13-22(28-15-11-9-8-10-12-15)14-25-21(4,5)26-19(22)18(24)17(16)23/h8-12,16-19,23-24H,13-14H2,1-7H3/t16-,17-,18-,19+,22+/m0/s1. The summed E-state index contributed by atoms with van der Waals surface area (Å²) in [6.45, 7) is 15.0. The lowest BCUT2D eigenvalue weighted by atomic mass is 9.79. The second kappa shape index (κ2) is 7.93. The summed E-state index contributed by atoms with van der Waals surface area (Å²) in [5, 5.41) is 22.1. The SMILES string of the molecule is CC1(C)OC[C@]2(Sc3ccccc3)C[C@H](O[Si](C)(C)C(C)(C)C)[C@H](O)[C@H](O)[C@H]2O1. The third-order valence-corrected chi connectivity index (χ3v) is 12.4. The van der Waals surface area contributed by atoms with Gasteiger partial charge >= 0.3 is 0 Å². The molecule has 1 aliphatic carbocycles. The fraction of sp³-hybridized carbons (Fsp3) is 0.727. The molecule has 0 spiro atoms. The molecule has 7 heteroatoms. The highest BCUT2D eigenvalue weighted by atomic mass is 32.2. The van der Waals surface area contributed by atoms with Crippen molar-refractivity contribution in [2.24, 2.45) is 0 Å². The van der Waals surface area contributed by atoms with Gasteiger partial charge in [0.25, 0.3) is 0 Å². The van der Waals surface area contributed by atoms with E-state index in [4.69, 9.17) is 13.9 Å². The van der Waals surface area contributed by atoms with Gasteiger partial charge in [-0.25, -0.2) is 0 Å². The molecule has 0 radical (unpaired) electrons. The zero-order chi connectivity index (χ0) is 21.7. The molecule has 5 nitrogen and oxygen atoms in total. The molecule has 2 N–H and O–H groups in total. The topological polar surface area (TPSA) is 68.2 Å². The van der Waals surface area contributed by atoms with Crippen LogP contribution in [0, 0.1) is 0 Å². The monoisotopic (exact) mass is 440 g/mol. The van der Waals surface area contributed by atoms with Crippen LogP contribution in [0.2, 0.25) is 18.1 Å². The Balaban J connectivity index is 1.94. The van der Waals surface area contributed by atoms with Crippen molar-refractivity contribution in [3.8, 4) is 0 Å². The van der Waals surface area contributed by atoms with Crippen LogP contribution >= 0.6 is 11.8 Å². The lowest BCUT2D eigenvalue weighted by Crippen LogP contribution is -2.69. The molecule has 1 aromatic carbocycles. The van der Waals surface area contributed by atoms with Crippen LogP contribution in [0.5, 0.6) is 0 Å². The maximum absolute atomic E-state index is 11.1. The van der Waals surface area contributed by atoms with E-state index in [0.29, 0.717) is 13.0 Å². The van der Waals surface area contributed by atoms with E-state index in [1.165, 1.54) is 0 Å². The first-order valence-electron chi connectivity index (χ1n) is 10.4. The summed E-state index contributed by atoms with van der Waals surface area (Å²) in [4.78, 5) is 1.08. The third-order valence-electron chi connectivity index (χ3n) is 6.50. The lowest BCUT2D eigenvalue weighted by molar-refractivity contribution is -0.320. The van der Waals surface area contributed by atoms with Crippen LogP contribution in [0.1, 0.15) is 41.0 Å². The van der Waals surface area contributed by atoms with E-state index in [9.17, 15) is 10.2 Å². The highest BCUT2D eigenvalue weighted by Crippen LogP contribution is 2.51. The Morgan fingerprint density at radius 3 is 2.31 bits per heavy atom. The molecule has 29 heavy (non-hydrogen) atoms. The van der Waals surface area contributed by atoms with Gasteiger partial charge in [-0.15, -0.1) is 11.8 Å². The number of hydrogen-bond donors (Lipinski definition) is 2. The summed E-state index contributed by atoms with van der Waals surface area (Å²) in [7, 11) is -2.14. The maximum atomic E-state index is 11.1. The van der Waals surface area contributed by atoms with Crippen LogP contribution in [0.3, 0.4) is 0 Å². The molecule has 164 valence electrons. The van der Waals surface area contributed by atoms with Crippen molar-refractivity contribution >= 4 is 20.1 Å². The lowest BCUT2D eigenvalue weighted by Gasteiger charge is -2.56. The number of aliphatic hydroxyl groups excluding tert-OH is 2. The Bertz CT molecular complexity index is 705. The van der Waals surface area contributed by atoms with Gasteiger partial charge in [0.15, 0.2) is 14.1 Å². The smallest absolute Gasteiger partial charge is 0.192 e. The third kappa shape index (κ3) is 4.76. The van der Waals surface area contributed by atoms with Gasteiger partial charge in [0.05, 0.1) is 17.5 Å². The van der Waals surface area contributed by atoms with Crippen LogP contribution in [0.15, 0.2) is 35.2 Å². The number of rotatable bonds is 4. The molecule has 0 unspecified atom stereocenters. The van der Waals surface area contributed by atoms with Crippen molar-refractivity contribution in [3.05, 3.63) is 30.3 Å². The first kappa shape index (κ1) is 23.3. The van der Waals surface area contributed by atoms with E-state index < -0.39 is 43.3 Å². The van der Waals surface area contributed by atoms with Gasteiger partial charge in [0, 0.05) is 4.90 Å². The molecule has 1 aliphatic heterocycles. The fourth-order valence-electron chi connectivity index (χ4n) is 3.76. The van der Waals surface area contributed by atoms with Crippen LogP contribution in [0.4, 0.5) is 0 Å². The average molecular weight is 441 g/mol. The molecule has 2 fully saturated rings. The molecule has 1 saturated carbocycles. The Kier molecular flexibility index (Phi) is 6.36. The van der Waals surface area contributed by atoms with Crippen molar-refractivity contribution in [3.63, 3.8) is 0 Å². The number of hydrogen-bond acceptors (Lipinski definition) is 6. The minimum atomic E-state index is -2.14. The van der Waals surface area contributed by atoms with Gasteiger partial charge in [-0.1, -0.05) is 39.0 Å². The zero-order valence-electron chi connectivity index (χ0n) is 18.6. The number of aliphatic hydroxyl groups is 2. The average Bonchev–Trinajstić information content (AvgIpc) is 2.61. The summed E-state index contributed by atoms with van der Waals surface area (Å²) in [6.07, 6.45) is -2.50. The summed E-state index contributed by atoms with van der Waals surface area (Å²) in [6, 6.07) is 10.1. The van der Waals surface area contributed by atoms with Crippen molar-refractivity contribution in [2.75, 3.05) is 6.61 Å². The molecule has 2 aliphatic rings. The Morgan fingerprint density at radius 1 is 1.10 bits per heavy atom. The van der Waals surface area contributed by atoms with Crippen LogP contribution in [-0.4, -0.2) is 60.1 Å². The summed E-state index contributed by atoms with van der Waals surface area (Å²) >= 11 is 1.65. The van der Waals surface area contributed by atoms with Gasteiger partial charge < -0.3 is 24.1 Å². The zero-order valence-corrected chi connectivity index (χ0v) is 20.5. The number of thioether (sulfide) groups is 1. The van der Waals surface area contributed by atoms with Crippen molar-refractivity contribution in [1.29, 1.82) is 0 Å². The first-order valence-corrected chi connectivity index (χ1v) is 14.1. The predicted molar refractivity (Wildman–Crippen MR) is 119 cm³/mol. The van der Waals surface area contributed by atoms with Gasteiger partial charge in [0.2, 0.25) is 0 Å². The number of fused-ring (bicyclic) bond motifs is 1. The molecule has 3 rings (SSSR count). The highest BCUT2D eigenvalue weighted by molar-refractivity contribution is 8.00. The van der Waals surface area contributed by atoms with Gasteiger partial charge in [-0.2, -0.15) is 0 Å². The van der Waals surface area contributed by atoms with Crippen molar-refractivity contribution < 1.29 is 24.1 Å². The minimum absolute atomic E-state index is 0.00974. The van der Waals surface area contributed by atoms with E-state index >= 15 is 0 Å². The largest absolute Gasteiger partial charge is 0.411 e. The predicted octanol–water partition coefficient (Wildman–Crippen LogP) is 4.18. The van der Waals surface area contributed by atoms with Crippen molar-refractivity contribution in [1.82, 2.24) is 0 Å². The second-order valence-corrected chi connectivity index (χ2v) is 16.6. The maximum Gasteiger partial charge on any atom is 0.192 e. The van der Waals surface area contributed by atoms with Crippen LogP contribution in [-0.2, 0) is 13.9 Å². The molecule has 0 bridgehead atoms. The molecular formula is C22H36O5SSi. The van der Waals surface area contributed by atoms with E-state index in [2.05, 4.69) is 46.0 Å². The summed E-state index contributed by atoms with van der Waals surface area (Å²) < 4.78 is 18.3. The molecule has 0 amide bonds. The van der Waals surface area contributed by atoms with Crippen LogP contribution < -0.4 is 0 Å². The van der Waals surface area contributed by atoms with E-state index in [1.54, 1.807) is 11.8 Å². The van der Waals surface area contributed by atoms with E-state index in [-0.39, 0.29) is 5.04 Å². The molecule has 1 heterocycles. The normalized spacial score (nSPS) is 35.2. The summed E-state index contributed by atoms with van der Waals surface area (Å²) in [5.41, 5.74) is 0. The number of benzene rings is 1. The highest BCUT2D eigenvalue weighted by Gasteiger charge is 2.60. The van der Waals surface area contributed by atoms with E-state index in [1.807, 2.05) is 32.0 Å². The van der Waals surface area contributed by atoms with Gasteiger partial charge in [-0.3, -0.25) is 0 Å². The first-order chi connectivity index (χ1) is 13.3. The molecule has 1 aromatic rings. The molecular weight excluding hydrogens is 404 g/mol. The van der Waals surface area contributed by atoms with Gasteiger partial charge in [0.1, 0.15) is 18.3 Å². The second-order valence-electron chi connectivity index (χ2n) is 10.3. The molecule has 1 saturated heterocycles. The van der Waals surface area contributed by atoms with Gasteiger partial charge in [-0.05, 0) is 50.5 Å². The minimum Gasteiger partial charge on any atom is -0.411 e. The van der Waals surface area contributed by atoms with Crippen LogP contribution in [0.25, 0.3) is 0 Å². The molecule has 0 aromatic heterocycles. The number of ether oxygens (including phenoxy) is 2. The quantitative estimate of drug-likeness (QED) is 0.685. The summed E-state index contributed by atoms with van der Waals surface area (Å²) in [5.74, 6) is -0.806.